The van der Waals surface area contributed by atoms with Gasteiger partial charge >= 0.3 is 6.09 Å². The molecule has 2 rings (SSSR count). The maximum absolute atomic E-state index is 12.0. The molecule has 1 aromatic heterocycles. The second-order valence-electron chi connectivity index (χ2n) is 6.66. The molecule has 0 aliphatic carbocycles. The number of amides is 1. The molecule has 122 valence electrons. The van der Waals surface area contributed by atoms with Gasteiger partial charge in [0.05, 0.1) is 0 Å². The van der Waals surface area contributed by atoms with E-state index in [0.717, 1.165) is 42.8 Å². The minimum Gasteiger partial charge on any atom is -0.444 e. The van der Waals surface area contributed by atoms with Gasteiger partial charge in [0.25, 0.3) is 0 Å². The van der Waals surface area contributed by atoms with E-state index in [2.05, 4.69) is 26.2 Å². The molecule has 0 aromatic carbocycles. The van der Waals surface area contributed by atoms with Crippen molar-refractivity contribution in [1.29, 1.82) is 0 Å². The third kappa shape index (κ3) is 5.48. The first kappa shape index (κ1) is 17.1. The number of carbonyl (C=O) groups is 1. The standard InChI is InChI=1S/C16H24BrN3O2/c1-16(2,3)22-15(21)20-8-5-12(6-9-20)11-19-13-4-7-18-14(17)10-13/h4,7,10,12H,5-6,8-9,11H2,1-3H3,(H,18,19). The van der Waals surface area contributed by atoms with Gasteiger partial charge in [-0.05, 0) is 67.6 Å². The van der Waals surface area contributed by atoms with Crippen molar-refractivity contribution in [2.45, 2.75) is 39.2 Å². The van der Waals surface area contributed by atoms with Gasteiger partial charge in [0.1, 0.15) is 10.2 Å². The molecule has 5 nitrogen and oxygen atoms in total. The fourth-order valence-electron chi connectivity index (χ4n) is 2.42. The van der Waals surface area contributed by atoms with E-state index >= 15 is 0 Å². The zero-order chi connectivity index (χ0) is 16.2. The number of hydrogen-bond acceptors (Lipinski definition) is 4. The molecule has 6 heteroatoms. The Hall–Kier alpha value is -1.30. The number of aromatic nitrogens is 1. The number of likely N-dealkylation sites (tertiary alicyclic amines) is 1. The first-order chi connectivity index (χ1) is 10.3. The van der Waals surface area contributed by atoms with Crippen molar-refractivity contribution in [2.24, 2.45) is 5.92 Å². The van der Waals surface area contributed by atoms with Crippen molar-refractivity contribution >= 4 is 27.7 Å². The van der Waals surface area contributed by atoms with Crippen LogP contribution in [0.3, 0.4) is 0 Å². The monoisotopic (exact) mass is 369 g/mol. The Balaban J connectivity index is 1.74. The Kier molecular flexibility index (Phi) is 5.67. The average Bonchev–Trinajstić information content (AvgIpc) is 2.44. The van der Waals surface area contributed by atoms with Crippen LogP contribution in [0, 0.1) is 5.92 Å². The van der Waals surface area contributed by atoms with Gasteiger partial charge in [-0.1, -0.05) is 0 Å². The lowest BCUT2D eigenvalue weighted by molar-refractivity contribution is 0.0188. The summed E-state index contributed by atoms with van der Waals surface area (Å²) in [5.74, 6) is 0.575. The third-order valence-electron chi connectivity index (χ3n) is 3.59. The summed E-state index contributed by atoms with van der Waals surface area (Å²) in [7, 11) is 0. The van der Waals surface area contributed by atoms with E-state index in [4.69, 9.17) is 4.74 Å². The van der Waals surface area contributed by atoms with Crippen LogP contribution in [0.5, 0.6) is 0 Å². The first-order valence-corrected chi connectivity index (χ1v) is 8.46. The number of halogens is 1. The van der Waals surface area contributed by atoms with Gasteiger partial charge in [0.2, 0.25) is 0 Å². The van der Waals surface area contributed by atoms with Gasteiger partial charge in [-0.25, -0.2) is 9.78 Å². The number of anilines is 1. The maximum atomic E-state index is 12.0. The first-order valence-electron chi connectivity index (χ1n) is 7.67. The van der Waals surface area contributed by atoms with Crippen LogP contribution in [0.15, 0.2) is 22.9 Å². The summed E-state index contributed by atoms with van der Waals surface area (Å²) < 4.78 is 6.24. The van der Waals surface area contributed by atoms with Gasteiger partial charge < -0.3 is 15.0 Å². The van der Waals surface area contributed by atoms with E-state index in [1.807, 2.05) is 37.8 Å². The van der Waals surface area contributed by atoms with Crippen LogP contribution in [0.1, 0.15) is 33.6 Å². The Bertz CT molecular complexity index is 508. The van der Waals surface area contributed by atoms with Crippen LogP contribution in [-0.4, -0.2) is 41.2 Å². The third-order valence-corrected chi connectivity index (χ3v) is 4.02. The fourth-order valence-corrected chi connectivity index (χ4v) is 2.79. The predicted octanol–water partition coefficient (Wildman–Crippen LogP) is 3.90. The largest absolute Gasteiger partial charge is 0.444 e. The number of piperidine rings is 1. The van der Waals surface area contributed by atoms with E-state index in [0.29, 0.717) is 5.92 Å². The van der Waals surface area contributed by atoms with E-state index in [1.165, 1.54) is 0 Å². The van der Waals surface area contributed by atoms with Crippen LogP contribution in [-0.2, 0) is 4.74 Å². The highest BCUT2D eigenvalue weighted by Crippen LogP contribution is 2.21. The molecule has 1 aromatic rings. The number of hydrogen-bond donors (Lipinski definition) is 1. The van der Waals surface area contributed by atoms with Crippen LogP contribution < -0.4 is 5.32 Å². The normalized spacial score (nSPS) is 16.5. The quantitative estimate of drug-likeness (QED) is 0.820. The molecule has 1 amide bonds. The summed E-state index contributed by atoms with van der Waals surface area (Å²) in [6, 6.07) is 3.93. The molecule has 0 radical (unpaired) electrons. The second kappa shape index (κ2) is 7.31. The number of pyridine rings is 1. The summed E-state index contributed by atoms with van der Waals surface area (Å²) in [6.45, 7) is 8.14. The molecule has 1 aliphatic heterocycles. The second-order valence-corrected chi connectivity index (χ2v) is 7.47. The van der Waals surface area contributed by atoms with Crippen LogP contribution in [0.4, 0.5) is 10.5 Å². The molecule has 1 aliphatic rings. The zero-order valence-corrected chi connectivity index (χ0v) is 15.0. The van der Waals surface area contributed by atoms with E-state index in [9.17, 15) is 4.79 Å². The SMILES string of the molecule is CC(C)(C)OC(=O)N1CCC(CNc2ccnc(Br)c2)CC1. The molecule has 0 spiro atoms. The summed E-state index contributed by atoms with van der Waals surface area (Å²) >= 11 is 3.37. The Morgan fingerprint density at radius 2 is 2.14 bits per heavy atom. The maximum Gasteiger partial charge on any atom is 0.410 e. The molecule has 0 bridgehead atoms. The van der Waals surface area contributed by atoms with Crippen molar-refractivity contribution in [1.82, 2.24) is 9.88 Å². The van der Waals surface area contributed by atoms with Gasteiger partial charge in [0, 0.05) is 31.5 Å². The lowest BCUT2D eigenvalue weighted by Crippen LogP contribution is -2.42. The predicted molar refractivity (Wildman–Crippen MR) is 91.0 cm³/mol. The van der Waals surface area contributed by atoms with Gasteiger partial charge in [0.15, 0.2) is 0 Å². The van der Waals surface area contributed by atoms with E-state index in [-0.39, 0.29) is 6.09 Å². The number of nitrogens with zero attached hydrogens (tertiary/aromatic N) is 2. The van der Waals surface area contributed by atoms with Crippen molar-refractivity contribution in [3.05, 3.63) is 22.9 Å². The summed E-state index contributed by atoms with van der Waals surface area (Å²) in [5, 5.41) is 3.43. The van der Waals surface area contributed by atoms with Crippen LogP contribution >= 0.6 is 15.9 Å². The number of rotatable bonds is 3. The molecule has 1 saturated heterocycles. The Labute approximate surface area is 140 Å². The highest BCUT2D eigenvalue weighted by Gasteiger charge is 2.26. The van der Waals surface area contributed by atoms with Crippen molar-refractivity contribution in [3.8, 4) is 0 Å². The van der Waals surface area contributed by atoms with Crippen LogP contribution in [0.2, 0.25) is 0 Å². The Morgan fingerprint density at radius 1 is 1.45 bits per heavy atom. The minimum atomic E-state index is -0.426. The highest BCUT2D eigenvalue weighted by atomic mass is 79.9. The summed E-state index contributed by atoms with van der Waals surface area (Å²) in [5.41, 5.74) is 0.640. The van der Waals surface area contributed by atoms with Crippen molar-refractivity contribution in [2.75, 3.05) is 25.0 Å². The minimum absolute atomic E-state index is 0.197. The number of ether oxygens (including phenoxy) is 1. The van der Waals surface area contributed by atoms with Crippen molar-refractivity contribution in [3.63, 3.8) is 0 Å². The lowest BCUT2D eigenvalue weighted by Gasteiger charge is -2.33. The molecule has 1 fully saturated rings. The molecule has 0 unspecified atom stereocenters. The van der Waals surface area contributed by atoms with E-state index < -0.39 is 5.60 Å². The van der Waals surface area contributed by atoms with Gasteiger partial charge in [-0.15, -0.1) is 0 Å². The molecule has 22 heavy (non-hydrogen) atoms. The molecule has 2 heterocycles. The molecule has 0 atom stereocenters. The molecular weight excluding hydrogens is 346 g/mol. The lowest BCUT2D eigenvalue weighted by atomic mass is 9.97. The van der Waals surface area contributed by atoms with E-state index in [1.54, 1.807) is 6.20 Å². The summed E-state index contributed by atoms with van der Waals surface area (Å²) in [4.78, 5) is 17.9. The smallest absolute Gasteiger partial charge is 0.410 e. The average molecular weight is 370 g/mol. The highest BCUT2D eigenvalue weighted by molar-refractivity contribution is 9.10. The van der Waals surface area contributed by atoms with Crippen molar-refractivity contribution < 1.29 is 9.53 Å². The Morgan fingerprint density at radius 3 is 2.73 bits per heavy atom. The topological polar surface area (TPSA) is 54.5 Å². The fraction of sp³-hybridized carbons (Fsp3) is 0.625. The molecule has 0 saturated carbocycles. The van der Waals surface area contributed by atoms with Gasteiger partial charge in [-0.2, -0.15) is 0 Å². The van der Waals surface area contributed by atoms with Gasteiger partial charge in [-0.3, -0.25) is 0 Å². The van der Waals surface area contributed by atoms with Crippen LogP contribution in [0.25, 0.3) is 0 Å². The summed E-state index contributed by atoms with van der Waals surface area (Å²) in [6.07, 6.45) is 3.58. The molecular formula is C16H24BrN3O2. The number of carbonyl (C=O) groups excluding carboxylic acids is 1. The molecule has 1 N–H and O–H groups in total. The number of nitrogens with one attached hydrogen (secondary N) is 1. The zero-order valence-electron chi connectivity index (χ0n) is 13.4.